The van der Waals surface area contributed by atoms with Gasteiger partial charge in [-0.1, -0.05) is 60.7 Å². The van der Waals surface area contributed by atoms with E-state index in [0.29, 0.717) is 13.2 Å². The first-order valence-corrected chi connectivity index (χ1v) is 10.4. The third-order valence-electron chi connectivity index (χ3n) is 6.24. The van der Waals surface area contributed by atoms with Gasteiger partial charge in [0.15, 0.2) is 0 Å². The number of nitrogens with zero attached hydrogens (tertiary/aromatic N) is 1. The van der Waals surface area contributed by atoms with Crippen molar-refractivity contribution < 1.29 is 14.6 Å². The van der Waals surface area contributed by atoms with Gasteiger partial charge in [-0.3, -0.25) is 4.90 Å². The molecular formula is C26H25NO3. The first-order chi connectivity index (χ1) is 14.4. The molecular weight excluding hydrogens is 374 g/mol. The summed E-state index contributed by atoms with van der Waals surface area (Å²) in [5, 5.41) is 10.3. The van der Waals surface area contributed by atoms with Crippen LogP contribution in [0, 0.1) is 0 Å². The Balaban J connectivity index is 1.37. The van der Waals surface area contributed by atoms with E-state index >= 15 is 0 Å². The van der Waals surface area contributed by atoms with Gasteiger partial charge in [-0.15, -0.1) is 0 Å². The normalized spacial score (nSPS) is 15.0. The van der Waals surface area contributed by atoms with Gasteiger partial charge in [-0.05, 0) is 59.7 Å². The molecule has 2 aliphatic rings. The Morgan fingerprint density at radius 1 is 1.03 bits per heavy atom. The van der Waals surface area contributed by atoms with E-state index in [2.05, 4.69) is 24.3 Å². The van der Waals surface area contributed by atoms with Crippen molar-refractivity contribution in [2.45, 2.75) is 31.8 Å². The van der Waals surface area contributed by atoms with Crippen molar-refractivity contribution in [2.24, 2.45) is 0 Å². The van der Waals surface area contributed by atoms with Gasteiger partial charge in [0.1, 0.15) is 6.61 Å². The number of hydrogen-bond acceptors (Lipinski definition) is 3. The van der Waals surface area contributed by atoms with Crippen molar-refractivity contribution in [3.8, 4) is 11.1 Å². The second-order valence-corrected chi connectivity index (χ2v) is 8.61. The molecule has 0 fully saturated rings. The lowest BCUT2D eigenvalue weighted by molar-refractivity contribution is 0.0786. The fraction of sp³-hybridized carbons (Fsp3) is 0.269. The molecule has 0 atom stereocenters. The summed E-state index contributed by atoms with van der Waals surface area (Å²) in [5.41, 5.74) is 6.63. The number of rotatable bonds is 3. The highest BCUT2D eigenvalue weighted by atomic mass is 16.6. The number of carbonyl (C=O) groups excluding carboxylic acids is 1. The Labute approximate surface area is 176 Å². The first-order valence-electron chi connectivity index (χ1n) is 10.4. The summed E-state index contributed by atoms with van der Waals surface area (Å²) >= 11 is 0. The van der Waals surface area contributed by atoms with Crippen LogP contribution in [0.4, 0.5) is 10.5 Å². The zero-order valence-corrected chi connectivity index (χ0v) is 17.3. The molecule has 0 bridgehead atoms. The van der Waals surface area contributed by atoms with Crippen LogP contribution in [0.3, 0.4) is 0 Å². The lowest BCUT2D eigenvalue weighted by atomic mass is 9.96. The Hall–Kier alpha value is -3.11. The molecule has 4 heteroatoms. The van der Waals surface area contributed by atoms with E-state index in [1.807, 2.05) is 42.5 Å². The average molecular weight is 399 g/mol. The van der Waals surface area contributed by atoms with Crippen LogP contribution in [0.1, 0.15) is 42.0 Å². The Morgan fingerprint density at radius 2 is 1.67 bits per heavy atom. The quantitative estimate of drug-likeness (QED) is 0.656. The molecule has 152 valence electrons. The monoisotopic (exact) mass is 399 g/mol. The molecule has 1 aliphatic carbocycles. The fourth-order valence-corrected chi connectivity index (χ4v) is 4.62. The highest BCUT2D eigenvalue weighted by Crippen LogP contribution is 2.44. The van der Waals surface area contributed by atoms with Crippen LogP contribution in [0.5, 0.6) is 0 Å². The highest BCUT2D eigenvalue weighted by molar-refractivity contribution is 5.90. The minimum absolute atomic E-state index is 0.0473. The van der Waals surface area contributed by atoms with Gasteiger partial charge in [-0.2, -0.15) is 0 Å². The maximum Gasteiger partial charge on any atom is 0.414 e. The van der Waals surface area contributed by atoms with Crippen LogP contribution in [-0.2, 0) is 16.8 Å². The van der Waals surface area contributed by atoms with Crippen LogP contribution >= 0.6 is 0 Å². The number of amides is 1. The molecule has 0 spiro atoms. The summed E-state index contributed by atoms with van der Waals surface area (Å²) in [7, 11) is 0. The molecule has 3 aromatic rings. The Bertz CT molecular complexity index is 1080. The molecule has 0 radical (unpaired) electrons. The molecule has 1 amide bonds. The van der Waals surface area contributed by atoms with Gasteiger partial charge < -0.3 is 9.84 Å². The molecule has 1 N–H and O–H groups in total. The second kappa shape index (κ2) is 6.99. The van der Waals surface area contributed by atoms with Gasteiger partial charge in [0.05, 0.1) is 11.3 Å². The summed E-state index contributed by atoms with van der Waals surface area (Å²) in [4.78, 5) is 14.7. The predicted molar refractivity (Wildman–Crippen MR) is 118 cm³/mol. The number of ether oxygens (including phenoxy) is 1. The molecule has 3 aromatic carbocycles. The summed E-state index contributed by atoms with van der Waals surface area (Å²) in [6.07, 6.45) is 0.467. The number of aliphatic hydroxyl groups is 1. The maximum atomic E-state index is 13.0. The van der Waals surface area contributed by atoms with Gasteiger partial charge in [0, 0.05) is 12.5 Å². The van der Waals surface area contributed by atoms with Crippen molar-refractivity contribution >= 4 is 11.8 Å². The number of carbonyl (C=O) groups is 1. The van der Waals surface area contributed by atoms with Crippen molar-refractivity contribution in [1.82, 2.24) is 0 Å². The molecule has 30 heavy (non-hydrogen) atoms. The topological polar surface area (TPSA) is 49.8 Å². The fourth-order valence-electron chi connectivity index (χ4n) is 4.62. The van der Waals surface area contributed by atoms with Gasteiger partial charge in [0.25, 0.3) is 0 Å². The van der Waals surface area contributed by atoms with Crippen molar-refractivity contribution in [1.29, 1.82) is 0 Å². The smallest absolute Gasteiger partial charge is 0.414 e. The van der Waals surface area contributed by atoms with Crippen LogP contribution < -0.4 is 4.90 Å². The third kappa shape index (κ3) is 3.08. The molecule has 1 heterocycles. The maximum absolute atomic E-state index is 13.0. The minimum Gasteiger partial charge on any atom is -0.448 e. The van der Waals surface area contributed by atoms with Crippen LogP contribution in [-0.4, -0.2) is 24.4 Å². The molecule has 5 rings (SSSR count). The van der Waals surface area contributed by atoms with E-state index < -0.39 is 5.60 Å². The molecule has 0 aromatic heterocycles. The van der Waals surface area contributed by atoms with Gasteiger partial charge >= 0.3 is 6.09 Å². The average Bonchev–Trinajstić information content (AvgIpc) is 3.30. The van der Waals surface area contributed by atoms with E-state index in [4.69, 9.17) is 4.74 Å². The Morgan fingerprint density at radius 3 is 2.30 bits per heavy atom. The molecule has 0 unspecified atom stereocenters. The lowest BCUT2D eigenvalue weighted by Gasteiger charge is -2.22. The van der Waals surface area contributed by atoms with Crippen molar-refractivity contribution in [3.63, 3.8) is 0 Å². The standard InChI is InChI=1S/C26H25NO3/c1-26(2,29)18-12-11-17-13-14-27(24(17)15-18)25(28)30-16-23-21-9-5-3-7-19(21)20-8-4-6-10-22(20)23/h3-12,15,23,29H,13-14,16H2,1-2H3. The first kappa shape index (κ1) is 18.9. The number of fused-ring (bicyclic) bond motifs is 4. The van der Waals surface area contributed by atoms with Crippen LogP contribution in [0.2, 0.25) is 0 Å². The van der Waals surface area contributed by atoms with E-state index in [0.717, 1.165) is 23.2 Å². The lowest BCUT2D eigenvalue weighted by Crippen LogP contribution is -2.31. The highest BCUT2D eigenvalue weighted by Gasteiger charge is 2.32. The summed E-state index contributed by atoms with van der Waals surface area (Å²) < 4.78 is 5.83. The number of hydrogen-bond donors (Lipinski definition) is 1. The zero-order chi connectivity index (χ0) is 20.9. The zero-order valence-electron chi connectivity index (χ0n) is 17.3. The van der Waals surface area contributed by atoms with E-state index in [1.165, 1.54) is 22.3 Å². The third-order valence-corrected chi connectivity index (χ3v) is 6.24. The van der Waals surface area contributed by atoms with E-state index in [-0.39, 0.29) is 12.0 Å². The molecule has 0 saturated heterocycles. The largest absolute Gasteiger partial charge is 0.448 e. The summed E-state index contributed by atoms with van der Waals surface area (Å²) in [6, 6.07) is 22.5. The van der Waals surface area contributed by atoms with E-state index in [1.54, 1.807) is 18.7 Å². The number of benzene rings is 3. The van der Waals surface area contributed by atoms with Crippen molar-refractivity contribution in [3.05, 3.63) is 89.0 Å². The molecule has 4 nitrogen and oxygen atoms in total. The molecule has 1 aliphatic heterocycles. The van der Waals surface area contributed by atoms with Crippen molar-refractivity contribution in [2.75, 3.05) is 18.1 Å². The van der Waals surface area contributed by atoms with Crippen LogP contribution in [0.15, 0.2) is 66.7 Å². The van der Waals surface area contributed by atoms with Gasteiger partial charge in [-0.25, -0.2) is 4.79 Å². The van der Waals surface area contributed by atoms with Gasteiger partial charge in [0.2, 0.25) is 0 Å². The Kier molecular flexibility index (Phi) is 4.40. The summed E-state index contributed by atoms with van der Waals surface area (Å²) in [5.74, 6) is 0.0473. The minimum atomic E-state index is -0.954. The predicted octanol–water partition coefficient (Wildman–Crippen LogP) is 5.23. The van der Waals surface area contributed by atoms with Crippen LogP contribution in [0.25, 0.3) is 11.1 Å². The second-order valence-electron chi connectivity index (χ2n) is 8.61. The summed E-state index contributed by atoms with van der Waals surface area (Å²) in [6.45, 7) is 4.41. The SMILES string of the molecule is CC(C)(O)c1ccc2c(c1)N(C(=O)OCC1c3ccccc3-c3ccccc31)CC2. The van der Waals surface area contributed by atoms with E-state index in [9.17, 15) is 9.90 Å². The number of anilines is 1. The molecule has 0 saturated carbocycles.